The Bertz CT molecular complexity index is 2720. The Morgan fingerprint density at radius 3 is 1.26 bits per heavy atom. The van der Waals surface area contributed by atoms with E-state index in [9.17, 15) is 24.0 Å². The van der Waals surface area contributed by atoms with Gasteiger partial charge in [0.15, 0.2) is 0 Å². The van der Waals surface area contributed by atoms with Crippen LogP contribution in [0.1, 0.15) is 132 Å². The topological polar surface area (TPSA) is 158 Å². The maximum absolute atomic E-state index is 13.0. The Labute approximate surface area is 586 Å². The maximum atomic E-state index is 13.0. The van der Waals surface area contributed by atoms with Crippen molar-refractivity contribution in [2.24, 2.45) is 5.92 Å². The molecule has 7 amide bonds. The molecule has 0 aliphatic carbocycles. The Morgan fingerprint density at radius 2 is 0.845 bits per heavy atom. The van der Waals surface area contributed by atoms with Gasteiger partial charge in [0.1, 0.15) is 0 Å². The van der Waals surface area contributed by atoms with E-state index >= 15 is 0 Å². The molecule has 10 saturated heterocycles. The van der Waals surface area contributed by atoms with Crippen LogP contribution in [0.4, 0.5) is 9.59 Å². The number of piperazine rings is 5. The molecule has 10 heterocycles. The van der Waals surface area contributed by atoms with Crippen LogP contribution in [-0.2, 0) is 14.4 Å². The van der Waals surface area contributed by atoms with Gasteiger partial charge in [0.2, 0.25) is 17.7 Å². The predicted molar refractivity (Wildman–Crippen MR) is 391 cm³/mol. The van der Waals surface area contributed by atoms with Gasteiger partial charge in [-0.1, -0.05) is 60.7 Å². The molecule has 5 unspecified atom stereocenters. The minimum atomic E-state index is -0.292. The number of likely N-dealkylation sites (N-methyl/N-ethyl adjacent to an activating group) is 3. The third kappa shape index (κ3) is 20.8. The number of amides is 7. The minimum absolute atomic E-state index is 0.0907. The largest absolute Gasteiger partial charge is 0.340 e. The van der Waals surface area contributed by atoms with E-state index in [1.54, 1.807) is 0 Å². The summed E-state index contributed by atoms with van der Waals surface area (Å²) in [4.78, 5) is 96.3. The third-order valence-electron chi connectivity index (χ3n) is 22.8. The van der Waals surface area contributed by atoms with Crippen molar-refractivity contribution in [3.63, 3.8) is 0 Å². The lowest BCUT2D eigenvalue weighted by Gasteiger charge is -2.41. The number of hydrogen-bond acceptors (Lipinski definition) is 15. The lowest BCUT2D eigenvalue weighted by Crippen LogP contribution is -2.58. The van der Waals surface area contributed by atoms with Gasteiger partial charge in [-0.25, -0.2) is 9.59 Å². The van der Waals surface area contributed by atoms with Crippen LogP contribution in [0.25, 0.3) is 0 Å². The normalized spacial score (nSPS) is 27.1. The first kappa shape index (κ1) is 77.7. The molecule has 22 heteroatoms. The fraction of sp³-hybridized carbons (Fsp3) is 0.773. The van der Waals surface area contributed by atoms with Gasteiger partial charge < -0.3 is 44.9 Å². The second-order valence-electron chi connectivity index (χ2n) is 31.1. The molecule has 2 aromatic rings. The van der Waals surface area contributed by atoms with E-state index in [4.69, 9.17) is 0 Å². The van der Waals surface area contributed by atoms with Crippen molar-refractivity contribution in [2.45, 2.75) is 162 Å². The molecular weight excluding hydrogens is 1220 g/mol. The summed E-state index contributed by atoms with van der Waals surface area (Å²) in [5, 5.41) is 6.77. The Morgan fingerprint density at radius 1 is 0.423 bits per heavy atom. The Hall–Kier alpha value is -5.01. The van der Waals surface area contributed by atoms with Crippen molar-refractivity contribution >= 4 is 29.8 Å². The highest BCUT2D eigenvalue weighted by atomic mass is 16.2. The van der Waals surface area contributed by atoms with Gasteiger partial charge in [-0.3, -0.25) is 53.6 Å². The van der Waals surface area contributed by atoms with Crippen LogP contribution in [0.3, 0.4) is 0 Å². The summed E-state index contributed by atoms with van der Waals surface area (Å²) in [6.07, 6.45) is 4.25. The fourth-order valence-electron chi connectivity index (χ4n) is 15.8. The van der Waals surface area contributed by atoms with Crippen LogP contribution >= 0.6 is 0 Å². The standard InChI is InChI=1S/C18H28N4O.C18H27N3O.C14H27N3O.C13H25N3O.C12H24N4O/c1-15(2)20-9-11-21(12-10-20)18(23)22-14-19(3)13-17(22)16-7-5-4-6-8-16;1-14(2)20-8-10-21(11-9-20)18(22)17-13-19-12-16(17)15-6-4-3-5-7-15;1-12(2)16-8-10-17(11-9-16)13(18)14(3)6-5-7-15(14)4;1-11(2)15-7-9-16(10-8-15)12(17)13(3)5-4-6-14-13;1-11(2)14-6-8-15(9-7-14)12(17)16-5-4-13(3)10-16/h4-8,15,17H,9-14H2,1-3H3;3-7,14,16-17,19H,8-13H2,1-2H3;12H,5-11H2,1-4H3;11,14H,4-10H2,1-3H3;11H,4-10H2,1-3H3. The monoisotopic (exact) mass is 1350 g/mol. The molecule has 0 aromatic heterocycles. The molecule has 0 spiro atoms. The number of benzene rings is 2. The fourth-order valence-corrected chi connectivity index (χ4v) is 15.8. The van der Waals surface area contributed by atoms with Gasteiger partial charge in [0.25, 0.3) is 0 Å². The van der Waals surface area contributed by atoms with Crippen molar-refractivity contribution in [1.82, 2.24) is 84.1 Å². The number of nitrogens with zero attached hydrogens (tertiary/aromatic N) is 15. The SMILES string of the molecule is CC(C)N1CCN(C(=O)C2(C)CCCN2)CC1.CC(C)N1CCN(C(=O)C2(C)CCCN2C)CC1.CC(C)N1CCN(C(=O)C2CNCC2c2ccccc2)CC1.CC(C)N1CCN(C(=O)N2CCN(C)C2)CC1.CC(C)N1CCN(C(=O)N2CN(C)CC2c2ccccc2)CC1. The van der Waals surface area contributed by atoms with E-state index in [1.165, 1.54) is 11.1 Å². The second kappa shape index (κ2) is 36.5. The zero-order valence-corrected chi connectivity index (χ0v) is 63.0. The van der Waals surface area contributed by atoms with E-state index in [-0.39, 0.29) is 35.1 Å². The van der Waals surface area contributed by atoms with Crippen LogP contribution in [0, 0.1) is 5.92 Å². The highest BCUT2D eigenvalue weighted by molar-refractivity contribution is 5.87. The van der Waals surface area contributed by atoms with Gasteiger partial charge in [-0.05, 0) is 154 Å². The smallest absolute Gasteiger partial charge is 0.321 e. The zero-order valence-electron chi connectivity index (χ0n) is 63.0. The molecule has 5 atom stereocenters. The molecule has 97 heavy (non-hydrogen) atoms. The molecule has 10 fully saturated rings. The molecule has 10 aliphatic rings. The average molecular weight is 1350 g/mol. The van der Waals surface area contributed by atoms with Crippen molar-refractivity contribution < 1.29 is 24.0 Å². The van der Waals surface area contributed by atoms with Crippen LogP contribution in [-0.4, -0.2) is 356 Å². The summed E-state index contributed by atoms with van der Waals surface area (Å²) < 4.78 is 0. The molecule has 546 valence electrons. The van der Waals surface area contributed by atoms with E-state index in [2.05, 4.69) is 212 Å². The Balaban J connectivity index is 0.000000156. The maximum Gasteiger partial charge on any atom is 0.321 e. The predicted octanol–water partition coefficient (Wildman–Crippen LogP) is 5.66. The minimum Gasteiger partial charge on any atom is -0.340 e. The summed E-state index contributed by atoms with van der Waals surface area (Å²) in [5.41, 5.74) is 1.97. The first-order valence-electron chi connectivity index (χ1n) is 37.6. The number of rotatable bonds is 10. The number of nitrogens with one attached hydrogen (secondary N) is 2. The summed E-state index contributed by atoms with van der Waals surface area (Å²) >= 11 is 0. The van der Waals surface area contributed by atoms with Gasteiger partial charge in [0.05, 0.1) is 36.4 Å². The number of carbonyl (C=O) groups excluding carboxylic acids is 5. The number of likely N-dealkylation sites (tertiary alicyclic amines) is 1. The van der Waals surface area contributed by atoms with E-state index < -0.39 is 0 Å². The molecule has 0 radical (unpaired) electrons. The third-order valence-corrected chi connectivity index (χ3v) is 22.8. The van der Waals surface area contributed by atoms with Gasteiger partial charge in [0, 0.05) is 200 Å². The van der Waals surface area contributed by atoms with Crippen LogP contribution in [0.15, 0.2) is 60.7 Å². The van der Waals surface area contributed by atoms with E-state index in [1.807, 2.05) is 36.6 Å². The first-order chi connectivity index (χ1) is 46.3. The molecule has 22 nitrogen and oxygen atoms in total. The lowest BCUT2D eigenvalue weighted by atomic mass is 9.88. The number of carbonyl (C=O) groups is 5. The molecule has 2 N–H and O–H groups in total. The quantitative estimate of drug-likeness (QED) is 0.300. The molecule has 2 aromatic carbocycles. The highest BCUT2D eigenvalue weighted by Gasteiger charge is 2.45. The molecular formula is C75H131N17O5. The number of urea groups is 2. The Kier molecular flexibility index (Phi) is 29.3. The van der Waals surface area contributed by atoms with Crippen LogP contribution < -0.4 is 10.6 Å². The van der Waals surface area contributed by atoms with Gasteiger partial charge in [-0.15, -0.1) is 0 Å². The average Bonchev–Trinajstić information content (AvgIpc) is 1.75. The summed E-state index contributed by atoms with van der Waals surface area (Å²) in [5.74, 6) is 1.39. The van der Waals surface area contributed by atoms with Crippen LogP contribution in [0.5, 0.6) is 0 Å². The number of hydrogen-bond donors (Lipinski definition) is 2. The van der Waals surface area contributed by atoms with Crippen molar-refractivity contribution in [2.75, 3.05) is 211 Å². The van der Waals surface area contributed by atoms with Gasteiger partial charge in [-0.2, -0.15) is 0 Å². The zero-order chi connectivity index (χ0) is 70.1. The molecule has 0 saturated carbocycles. The summed E-state index contributed by atoms with van der Waals surface area (Å²) in [7, 11) is 6.22. The molecule has 12 rings (SSSR count). The summed E-state index contributed by atoms with van der Waals surface area (Å²) in [6.45, 7) is 53.1. The second-order valence-corrected chi connectivity index (χ2v) is 31.1. The van der Waals surface area contributed by atoms with Gasteiger partial charge >= 0.3 is 12.1 Å². The van der Waals surface area contributed by atoms with Crippen molar-refractivity contribution in [3.8, 4) is 0 Å². The summed E-state index contributed by atoms with van der Waals surface area (Å²) in [6, 6.07) is 24.3. The first-order valence-corrected chi connectivity index (χ1v) is 37.6. The van der Waals surface area contributed by atoms with E-state index in [0.717, 1.165) is 209 Å². The molecule has 10 aliphatic heterocycles. The lowest BCUT2D eigenvalue weighted by molar-refractivity contribution is -0.143. The van der Waals surface area contributed by atoms with Crippen molar-refractivity contribution in [3.05, 3.63) is 71.8 Å². The van der Waals surface area contributed by atoms with E-state index in [0.29, 0.717) is 60.5 Å². The van der Waals surface area contributed by atoms with Crippen molar-refractivity contribution in [1.29, 1.82) is 0 Å². The highest BCUT2D eigenvalue weighted by Crippen LogP contribution is 2.33. The van der Waals surface area contributed by atoms with Crippen LogP contribution in [0.2, 0.25) is 0 Å². The molecule has 0 bridgehead atoms.